The molecule has 102 valence electrons. The van der Waals surface area contributed by atoms with Gasteiger partial charge in [-0.1, -0.05) is 13.8 Å². The van der Waals surface area contributed by atoms with E-state index in [0.717, 1.165) is 12.2 Å². The molecule has 0 spiro atoms. The predicted octanol–water partition coefficient (Wildman–Crippen LogP) is 1.61. The lowest BCUT2D eigenvalue weighted by molar-refractivity contribution is 0.116. The number of hydrogen-bond acceptors (Lipinski definition) is 5. The number of ether oxygens (including phenoxy) is 3. The third-order valence-corrected chi connectivity index (χ3v) is 2.40. The molecule has 0 radical (unpaired) electrons. The summed E-state index contributed by atoms with van der Waals surface area (Å²) in [5, 5.41) is 3.28. The largest absolute Gasteiger partial charge is 0.493 e. The zero-order valence-electron chi connectivity index (χ0n) is 11.5. The van der Waals surface area contributed by atoms with Gasteiger partial charge in [0.15, 0.2) is 11.5 Å². The summed E-state index contributed by atoms with van der Waals surface area (Å²) in [5.74, 6) is 1.31. The van der Waals surface area contributed by atoms with Gasteiger partial charge in [0.05, 0.1) is 27.4 Å². The Kier molecular flexibility index (Phi) is 6.46. The topological polar surface area (TPSA) is 52.6 Å². The van der Waals surface area contributed by atoms with E-state index in [-0.39, 0.29) is 0 Å². The van der Waals surface area contributed by atoms with Gasteiger partial charge in [0.1, 0.15) is 5.69 Å². The van der Waals surface area contributed by atoms with Crippen LogP contribution in [0.2, 0.25) is 0 Å². The van der Waals surface area contributed by atoms with Gasteiger partial charge < -0.3 is 19.5 Å². The molecule has 18 heavy (non-hydrogen) atoms. The third-order valence-electron chi connectivity index (χ3n) is 2.40. The molecular weight excluding hydrogens is 232 g/mol. The van der Waals surface area contributed by atoms with Gasteiger partial charge in [-0.3, -0.25) is 4.98 Å². The number of nitrogens with zero attached hydrogens (tertiary/aromatic N) is 1. The Bertz CT molecular complexity index is 356. The highest BCUT2D eigenvalue weighted by Crippen LogP contribution is 2.29. The Morgan fingerprint density at radius 1 is 1.28 bits per heavy atom. The smallest absolute Gasteiger partial charge is 0.184 e. The van der Waals surface area contributed by atoms with Crippen LogP contribution >= 0.6 is 0 Å². The van der Waals surface area contributed by atoms with E-state index in [0.29, 0.717) is 30.8 Å². The fourth-order valence-corrected chi connectivity index (χ4v) is 1.54. The van der Waals surface area contributed by atoms with Crippen molar-refractivity contribution in [1.29, 1.82) is 0 Å². The second-order valence-electron chi connectivity index (χ2n) is 4.15. The highest BCUT2D eigenvalue weighted by molar-refractivity contribution is 5.42. The van der Waals surface area contributed by atoms with Gasteiger partial charge in [-0.2, -0.15) is 0 Å². The summed E-state index contributed by atoms with van der Waals surface area (Å²) in [7, 11) is 3.21. The van der Waals surface area contributed by atoms with E-state index in [2.05, 4.69) is 24.1 Å². The van der Waals surface area contributed by atoms with Gasteiger partial charge >= 0.3 is 0 Å². The van der Waals surface area contributed by atoms with Crippen LogP contribution in [0.3, 0.4) is 0 Å². The van der Waals surface area contributed by atoms with E-state index in [4.69, 9.17) is 14.2 Å². The molecule has 0 saturated carbocycles. The maximum absolute atomic E-state index is 5.55. The molecule has 5 nitrogen and oxygen atoms in total. The van der Waals surface area contributed by atoms with E-state index < -0.39 is 0 Å². The fourth-order valence-electron chi connectivity index (χ4n) is 1.54. The van der Waals surface area contributed by atoms with Crippen LogP contribution in [0.1, 0.15) is 19.5 Å². The molecular formula is C13H22N2O3. The van der Waals surface area contributed by atoms with Crippen LogP contribution in [-0.2, 0) is 11.3 Å². The minimum Gasteiger partial charge on any atom is -0.493 e. The first kappa shape index (κ1) is 14.7. The highest BCUT2D eigenvalue weighted by atomic mass is 16.5. The Morgan fingerprint density at radius 3 is 2.67 bits per heavy atom. The molecule has 5 heteroatoms. The van der Waals surface area contributed by atoms with Crippen molar-refractivity contribution in [2.45, 2.75) is 26.5 Å². The van der Waals surface area contributed by atoms with E-state index in [9.17, 15) is 0 Å². The molecule has 0 fully saturated rings. The average molecular weight is 254 g/mol. The number of rotatable bonds is 8. The van der Waals surface area contributed by atoms with Crippen molar-refractivity contribution < 1.29 is 14.2 Å². The first-order valence-corrected chi connectivity index (χ1v) is 6.06. The lowest BCUT2D eigenvalue weighted by Gasteiger charge is -2.12. The van der Waals surface area contributed by atoms with Crippen LogP contribution in [0.4, 0.5) is 0 Å². The molecule has 0 aliphatic carbocycles. The van der Waals surface area contributed by atoms with Crippen molar-refractivity contribution in [3.8, 4) is 11.5 Å². The van der Waals surface area contributed by atoms with Gasteiger partial charge in [0, 0.05) is 24.8 Å². The van der Waals surface area contributed by atoms with Crippen LogP contribution in [0.25, 0.3) is 0 Å². The number of nitrogens with one attached hydrogen (secondary N) is 1. The van der Waals surface area contributed by atoms with Crippen molar-refractivity contribution >= 4 is 0 Å². The lowest BCUT2D eigenvalue weighted by atomic mass is 10.3. The van der Waals surface area contributed by atoms with Gasteiger partial charge in [-0.25, -0.2) is 0 Å². The molecule has 1 aromatic rings. The summed E-state index contributed by atoms with van der Waals surface area (Å²) in [6.45, 7) is 6.09. The van der Waals surface area contributed by atoms with Crippen LogP contribution in [0.5, 0.6) is 11.5 Å². The van der Waals surface area contributed by atoms with Crippen LogP contribution < -0.4 is 14.8 Å². The van der Waals surface area contributed by atoms with Gasteiger partial charge in [0.2, 0.25) is 0 Å². The molecule has 0 amide bonds. The molecule has 1 heterocycles. The molecule has 1 rings (SSSR count). The molecule has 0 aliphatic heterocycles. The van der Waals surface area contributed by atoms with E-state index in [1.165, 1.54) is 0 Å². The summed E-state index contributed by atoms with van der Waals surface area (Å²) < 4.78 is 16.0. The van der Waals surface area contributed by atoms with Crippen molar-refractivity contribution in [1.82, 2.24) is 10.3 Å². The van der Waals surface area contributed by atoms with E-state index >= 15 is 0 Å². The second-order valence-corrected chi connectivity index (χ2v) is 4.15. The van der Waals surface area contributed by atoms with Gasteiger partial charge in [-0.15, -0.1) is 0 Å². The number of aromatic nitrogens is 1. The maximum atomic E-state index is 5.55. The van der Waals surface area contributed by atoms with Crippen LogP contribution in [0, 0.1) is 0 Å². The standard InChI is InChI=1S/C13H22N2O3/c1-10(2)14-7-8-18-9-11-13(17-4)12(16-3)5-6-15-11/h5-6,10,14H,7-9H2,1-4H3. The Labute approximate surface area is 108 Å². The summed E-state index contributed by atoms with van der Waals surface area (Å²) in [6.07, 6.45) is 1.69. The first-order valence-electron chi connectivity index (χ1n) is 6.06. The summed E-state index contributed by atoms with van der Waals surface area (Å²) in [5.41, 5.74) is 0.751. The monoisotopic (exact) mass is 254 g/mol. The minimum absolute atomic E-state index is 0.417. The Balaban J connectivity index is 2.46. The van der Waals surface area contributed by atoms with Crippen LogP contribution in [-0.4, -0.2) is 38.4 Å². The van der Waals surface area contributed by atoms with E-state index in [1.54, 1.807) is 26.5 Å². The van der Waals surface area contributed by atoms with Gasteiger partial charge in [0.25, 0.3) is 0 Å². The fraction of sp³-hybridized carbons (Fsp3) is 0.615. The molecule has 0 saturated heterocycles. The van der Waals surface area contributed by atoms with Crippen molar-refractivity contribution in [3.63, 3.8) is 0 Å². The van der Waals surface area contributed by atoms with Crippen molar-refractivity contribution in [3.05, 3.63) is 18.0 Å². The molecule has 0 atom stereocenters. The van der Waals surface area contributed by atoms with Crippen molar-refractivity contribution in [2.75, 3.05) is 27.4 Å². The lowest BCUT2D eigenvalue weighted by Crippen LogP contribution is -2.26. The quantitative estimate of drug-likeness (QED) is 0.714. The molecule has 1 aromatic heterocycles. The number of pyridine rings is 1. The number of methoxy groups -OCH3 is 2. The summed E-state index contributed by atoms with van der Waals surface area (Å²) in [4.78, 5) is 4.24. The highest BCUT2D eigenvalue weighted by Gasteiger charge is 2.10. The zero-order valence-corrected chi connectivity index (χ0v) is 11.5. The summed E-state index contributed by atoms with van der Waals surface area (Å²) in [6, 6.07) is 2.24. The number of hydrogen-bond donors (Lipinski definition) is 1. The van der Waals surface area contributed by atoms with E-state index in [1.807, 2.05) is 0 Å². The third kappa shape index (κ3) is 4.50. The molecule has 1 N–H and O–H groups in total. The molecule has 0 bridgehead atoms. The van der Waals surface area contributed by atoms with Crippen molar-refractivity contribution in [2.24, 2.45) is 0 Å². The average Bonchev–Trinajstić information content (AvgIpc) is 2.37. The SMILES string of the molecule is COc1ccnc(COCCNC(C)C)c1OC. The van der Waals surface area contributed by atoms with Crippen LogP contribution in [0.15, 0.2) is 12.3 Å². The second kappa shape index (κ2) is 7.89. The Morgan fingerprint density at radius 2 is 2.06 bits per heavy atom. The normalized spacial score (nSPS) is 10.7. The predicted molar refractivity (Wildman–Crippen MR) is 70.1 cm³/mol. The first-order chi connectivity index (χ1) is 8.69. The Hall–Kier alpha value is -1.33. The molecule has 0 aromatic carbocycles. The zero-order chi connectivity index (χ0) is 13.4. The maximum Gasteiger partial charge on any atom is 0.184 e. The minimum atomic E-state index is 0.417. The van der Waals surface area contributed by atoms with Gasteiger partial charge in [-0.05, 0) is 0 Å². The molecule has 0 aliphatic rings. The molecule has 0 unspecified atom stereocenters. The summed E-state index contributed by atoms with van der Waals surface area (Å²) >= 11 is 0.